The van der Waals surface area contributed by atoms with Gasteiger partial charge in [0, 0.05) is 11.1 Å². The van der Waals surface area contributed by atoms with E-state index in [1.165, 1.54) is 11.1 Å². The van der Waals surface area contributed by atoms with Gasteiger partial charge in [0.2, 0.25) is 0 Å². The molecule has 0 atom stereocenters. The van der Waals surface area contributed by atoms with Crippen molar-refractivity contribution in [3.63, 3.8) is 0 Å². The number of nitrogen functional groups attached to an aromatic ring is 1. The van der Waals surface area contributed by atoms with Gasteiger partial charge in [0.25, 0.3) is 0 Å². The smallest absolute Gasteiger partial charge is 0.0618 e. The second-order valence-corrected chi connectivity index (χ2v) is 7.76. The number of para-hydroxylation sites is 2. The number of nitrogens with two attached hydrogens (primary N) is 1. The van der Waals surface area contributed by atoms with Crippen LogP contribution in [0.25, 0.3) is 33.4 Å². The van der Waals surface area contributed by atoms with E-state index in [9.17, 15) is 0 Å². The maximum absolute atomic E-state index is 6.30. The van der Waals surface area contributed by atoms with Gasteiger partial charge in [0.15, 0.2) is 0 Å². The second-order valence-electron chi connectivity index (χ2n) is 7.76. The highest BCUT2D eigenvalue weighted by Gasteiger charge is 2.16. The number of nitrogens with one attached hydrogen (secondary N) is 1. The summed E-state index contributed by atoms with van der Waals surface area (Å²) in [5, 5.41) is 3.66. The molecular weight excluding hydrogens is 388 g/mol. The van der Waals surface area contributed by atoms with E-state index in [-0.39, 0.29) is 0 Å². The van der Waals surface area contributed by atoms with Gasteiger partial charge in [0.05, 0.1) is 17.1 Å². The summed E-state index contributed by atoms with van der Waals surface area (Å²) in [6.45, 7) is 0. The minimum atomic E-state index is 0.720. The fourth-order valence-corrected chi connectivity index (χ4v) is 4.01. The summed E-state index contributed by atoms with van der Waals surface area (Å²) in [5.41, 5.74) is 15.9. The molecule has 2 heteroatoms. The standard InChI is InChI=1S/C30H24N2/c31-28-18-10-11-19-29(28)32-30-26(23-14-6-2-7-15-23)20-25(22-12-4-1-5-13-22)21-27(30)24-16-8-3-9-17-24/h1-21,32H,31H2. The SMILES string of the molecule is Nc1ccccc1Nc1c(-c2ccccc2)cc(-c2ccccc2)cc1-c1ccccc1. The molecule has 0 aliphatic carbocycles. The molecule has 0 aromatic heterocycles. The van der Waals surface area contributed by atoms with E-state index < -0.39 is 0 Å². The molecule has 3 N–H and O–H groups in total. The van der Waals surface area contributed by atoms with Crippen molar-refractivity contribution in [3.05, 3.63) is 127 Å². The maximum atomic E-state index is 6.30. The fraction of sp³-hybridized carbons (Fsp3) is 0. The van der Waals surface area contributed by atoms with Gasteiger partial charge in [-0.3, -0.25) is 0 Å². The Balaban J connectivity index is 1.80. The van der Waals surface area contributed by atoms with E-state index in [0.29, 0.717) is 0 Å². The maximum Gasteiger partial charge on any atom is 0.0618 e. The van der Waals surface area contributed by atoms with Crippen molar-refractivity contribution in [3.8, 4) is 33.4 Å². The van der Waals surface area contributed by atoms with Gasteiger partial charge in [0.1, 0.15) is 0 Å². The Kier molecular flexibility index (Phi) is 5.42. The zero-order chi connectivity index (χ0) is 21.8. The lowest BCUT2D eigenvalue weighted by Gasteiger charge is -2.20. The Hall–Kier alpha value is -4.30. The average Bonchev–Trinajstić information content (AvgIpc) is 2.87. The molecule has 0 saturated carbocycles. The molecule has 0 heterocycles. The van der Waals surface area contributed by atoms with Crippen LogP contribution in [0.4, 0.5) is 17.1 Å². The summed E-state index contributed by atoms with van der Waals surface area (Å²) < 4.78 is 0. The molecule has 154 valence electrons. The van der Waals surface area contributed by atoms with Crippen molar-refractivity contribution in [1.29, 1.82) is 0 Å². The molecule has 2 nitrogen and oxygen atoms in total. The molecule has 0 radical (unpaired) electrons. The van der Waals surface area contributed by atoms with Crippen LogP contribution in [0.3, 0.4) is 0 Å². The predicted molar refractivity (Wildman–Crippen MR) is 137 cm³/mol. The molecule has 0 bridgehead atoms. The van der Waals surface area contributed by atoms with E-state index >= 15 is 0 Å². The number of hydrogen-bond acceptors (Lipinski definition) is 2. The van der Waals surface area contributed by atoms with Crippen LogP contribution in [0.15, 0.2) is 127 Å². The van der Waals surface area contributed by atoms with Crippen LogP contribution in [0.5, 0.6) is 0 Å². The molecule has 5 rings (SSSR count). The number of hydrogen-bond donors (Lipinski definition) is 2. The lowest BCUT2D eigenvalue weighted by molar-refractivity contribution is 1.51. The van der Waals surface area contributed by atoms with Gasteiger partial charge in [-0.15, -0.1) is 0 Å². The van der Waals surface area contributed by atoms with E-state index in [1.807, 2.05) is 42.5 Å². The molecule has 0 amide bonds. The average molecular weight is 413 g/mol. The minimum Gasteiger partial charge on any atom is -0.397 e. The predicted octanol–water partition coefficient (Wildman–Crippen LogP) is 8.01. The fourth-order valence-electron chi connectivity index (χ4n) is 4.01. The normalized spacial score (nSPS) is 10.6. The Bertz CT molecular complexity index is 1270. The second kappa shape index (κ2) is 8.83. The summed E-state index contributed by atoms with van der Waals surface area (Å²) in [6.07, 6.45) is 0. The van der Waals surface area contributed by atoms with Crippen molar-refractivity contribution in [2.75, 3.05) is 11.1 Å². The summed E-state index contributed by atoms with van der Waals surface area (Å²) in [7, 11) is 0. The van der Waals surface area contributed by atoms with E-state index in [4.69, 9.17) is 5.73 Å². The zero-order valence-corrected chi connectivity index (χ0v) is 17.7. The van der Waals surface area contributed by atoms with Gasteiger partial charge in [-0.05, 0) is 46.5 Å². The van der Waals surface area contributed by atoms with Crippen LogP contribution in [0.1, 0.15) is 0 Å². The zero-order valence-electron chi connectivity index (χ0n) is 17.7. The number of anilines is 3. The topological polar surface area (TPSA) is 38.0 Å². The van der Waals surface area contributed by atoms with Crippen molar-refractivity contribution in [2.45, 2.75) is 0 Å². The van der Waals surface area contributed by atoms with Crippen LogP contribution in [0.2, 0.25) is 0 Å². The number of rotatable bonds is 5. The Labute approximate surface area is 189 Å². The first-order valence-electron chi connectivity index (χ1n) is 10.8. The molecule has 0 aliphatic rings. The molecular formula is C30H24N2. The first-order valence-corrected chi connectivity index (χ1v) is 10.8. The van der Waals surface area contributed by atoms with Crippen LogP contribution >= 0.6 is 0 Å². The lowest BCUT2D eigenvalue weighted by Crippen LogP contribution is -2.00. The van der Waals surface area contributed by atoms with Crippen molar-refractivity contribution < 1.29 is 0 Å². The molecule has 5 aromatic carbocycles. The third kappa shape index (κ3) is 3.99. The Morgan fingerprint density at radius 3 is 1.38 bits per heavy atom. The van der Waals surface area contributed by atoms with E-state index in [1.54, 1.807) is 0 Å². The van der Waals surface area contributed by atoms with E-state index in [0.717, 1.165) is 39.3 Å². The van der Waals surface area contributed by atoms with Crippen molar-refractivity contribution >= 4 is 17.1 Å². The quantitative estimate of drug-likeness (QED) is 0.287. The highest BCUT2D eigenvalue weighted by atomic mass is 14.9. The summed E-state index contributed by atoms with van der Waals surface area (Å²) in [6, 6.07) is 43.9. The minimum absolute atomic E-state index is 0.720. The van der Waals surface area contributed by atoms with Crippen LogP contribution < -0.4 is 11.1 Å². The van der Waals surface area contributed by atoms with Gasteiger partial charge >= 0.3 is 0 Å². The molecule has 0 spiro atoms. The molecule has 0 saturated heterocycles. The Morgan fingerprint density at radius 1 is 0.438 bits per heavy atom. The monoisotopic (exact) mass is 412 g/mol. The summed E-state index contributed by atoms with van der Waals surface area (Å²) in [4.78, 5) is 0. The largest absolute Gasteiger partial charge is 0.397 e. The number of benzene rings is 5. The molecule has 0 fully saturated rings. The first-order chi connectivity index (χ1) is 15.8. The highest BCUT2D eigenvalue weighted by Crippen LogP contribution is 2.43. The molecule has 0 unspecified atom stereocenters. The lowest BCUT2D eigenvalue weighted by atomic mass is 9.91. The van der Waals surface area contributed by atoms with E-state index in [2.05, 4.69) is 90.2 Å². The third-order valence-corrected chi connectivity index (χ3v) is 5.64. The van der Waals surface area contributed by atoms with Gasteiger partial charge in [-0.1, -0.05) is 103 Å². The Morgan fingerprint density at radius 2 is 0.875 bits per heavy atom. The molecule has 5 aromatic rings. The third-order valence-electron chi connectivity index (χ3n) is 5.64. The first kappa shape index (κ1) is 19.7. The van der Waals surface area contributed by atoms with Gasteiger partial charge in [-0.25, -0.2) is 0 Å². The van der Waals surface area contributed by atoms with Gasteiger partial charge < -0.3 is 11.1 Å². The summed E-state index contributed by atoms with van der Waals surface area (Å²) in [5.74, 6) is 0. The van der Waals surface area contributed by atoms with Crippen molar-refractivity contribution in [2.24, 2.45) is 0 Å². The van der Waals surface area contributed by atoms with Crippen molar-refractivity contribution in [1.82, 2.24) is 0 Å². The highest BCUT2D eigenvalue weighted by molar-refractivity contribution is 5.97. The van der Waals surface area contributed by atoms with Crippen LogP contribution in [0, 0.1) is 0 Å². The molecule has 0 aliphatic heterocycles. The van der Waals surface area contributed by atoms with Crippen LogP contribution in [-0.4, -0.2) is 0 Å². The summed E-state index contributed by atoms with van der Waals surface area (Å²) >= 11 is 0. The van der Waals surface area contributed by atoms with Crippen LogP contribution in [-0.2, 0) is 0 Å². The molecule has 32 heavy (non-hydrogen) atoms. The van der Waals surface area contributed by atoms with Gasteiger partial charge in [-0.2, -0.15) is 0 Å².